The van der Waals surface area contributed by atoms with Gasteiger partial charge in [-0.3, -0.25) is 14.5 Å². The first-order valence-corrected chi connectivity index (χ1v) is 7.18. The van der Waals surface area contributed by atoms with Crippen molar-refractivity contribution in [2.24, 2.45) is 5.92 Å². The Morgan fingerprint density at radius 1 is 1.50 bits per heavy atom. The quantitative estimate of drug-likeness (QED) is 0.701. The molecule has 0 aliphatic carbocycles. The fourth-order valence-corrected chi connectivity index (χ4v) is 2.60. The lowest BCUT2D eigenvalue weighted by molar-refractivity contribution is -0.144. The van der Waals surface area contributed by atoms with Crippen molar-refractivity contribution < 1.29 is 19.4 Å². The molecule has 0 bridgehead atoms. The third-order valence-electron chi connectivity index (χ3n) is 3.72. The second kappa shape index (κ2) is 7.13. The topological polar surface area (TPSA) is 105 Å². The van der Waals surface area contributed by atoms with Gasteiger partial charge in [0.2, 0.25) is 5.91 Å². The maximum absolute atomic E-state index is 12.1. The van der Waals surface area contributed by atoms with E-state index in [4.69, 9.17) is 15.6 Å². The molecule has 1 aliphatic heterocycles. The van der Waals surface area contributed by atoms with Gasteiger partial charge in [0.25, 0.3) is 0 Å². The summed E-state index contributed by atoms with van der Waals surface area (Å²) in [7, 11) is 1.51. The third kappa shape index (κ3) is 4.11. The van der Waals surface area contributed by atoms with Crippen LogP contribution in [0.4, 0.5) is 11.4 Å². The van der Waals surface area contributed by atoms with Gasteiger partial charge < -0.3 is 20.9 Å². The number of anilines is 2. The summed E-state index contributed by atoms with van der Waals surface area (Å²) in [4.78, 5) is 25.0. The first kappa shape index (κ1) is 16.1. The van der Waals surface area contributed by atoms with E-state index in [1.54, 1.807) is 18.2 Å². The molecule has 1 atom stereocenters. The summed E-state index contributed by atoms with van der Waals surface area (Å²) in [6.45, 7) is 1.30. The van der Waals surface area contributed by atoms with Gasteiger partial charge in [-0.2, -0.15) is 0 Å². The molecule has 7 nitrogen and oxygen atoms in total. The highest BCUT2D eigenvalue weighted by Crippen LogP contribution is 2.26. The van der Waals surface area contributed by atoms with Crippen LogP contribution in [0.15, 0.2) is 18.2 Å². The molecule has 0 radical (unpaired) electrons. The Morgan fingerprint density at radius 2 is 2.27 bits per heavy atom. The van der Waals surface area contributed by atoms with E-state index in [0.29, 0.717) is 30.1 Å². The van der Waals surface area contributed by atoms with E-state index in [1.165, 1.54) is 7.11 Å². The maximum atomic E-state index is 12.1. The van der Waals surface area contributed by atoms with Crippen LogP contribution in [0.2, 0.25) is 0 Å². The fourth-order valence-electron chi connectivity index (χ4n) is 2.60. The molecule has 22 heavy (non-hydrogen) atoms. The van der Waals surface area contributed by atoms with Crippen molar-refractivity contribution in [3.63, 3.8) is 0 Å². The largest absolute Gasteiger partial charge is 0.494 e. The van der Waals surface area contributed by atoms with Crippen LogP contribution in [0.3, 0.4) is 0 Å². The predicted octanol–water partition coefficient (Wildman–Crippen LogP) is 1.01. The van der Waals surface area contributed by atoms with Crippen molar-refractivity contribution in [3.8, 4) is 5.75 Å². The number of nitrogen functional groups attached to an aromatic ring is 1. The fraction of sp³-hybridized carbons (Fsp3) is 0.467. The Labute approximate surface area is 129 Å². The highest BCUT2D eigenvalue weighted by Gasteiger charge is 2.26. The average Bonchev–Trinajstić information content (AvgIpc) is 2.49. The van der Waals surface area contributed by atoms with Crippen LogP contribution >= 0.6 is 0 Å². The molecule has 0 spiro atoms. The molecule has 1 saturated heterocycles. The van der Waals surface area contributed by atoms with E-state index >= 15 is 0 Å². The highest BCUT2D eigenvalue weighted by atomic mass is 16.5. The Bertz CT molecular complexity index is 562. The van der Waals surface area contributed by atoms with Gasteiger partial charge in [0.15, 0.2) is 0 Å². The first-order valence-electron chi connectivity index (χ1n) is 7.18. The maximum Gasteiger partial charge on any atom is 0.307 e. The number of carbonyl (C=O) groups excluding carboxylic acids is 1. The molecule has 1 unspecified atom stereocenters. The predicted molar refractivity (Wildman–Crippen MR) is 82.8 cm³/mol. The number of hydrogen-bond acceptors (Lipinski definition) is 5. The first-order chi connectivity index (χ1) is 10.5. The van der Waals surface area contributed by atoms with Crippen LogP contribution in [-0.2, 0) is 9.59 Å². The van der Waals surface area contributed by atoms with Crippen LogP contribution in [0, 0.1) is 5.92 Å². The SMILES string of the molecule is COc1cc(N)ccc1NC(=O)CN1CCCC(C(=O)O)C1. The molecular weight excluding hydrogens is 286 g/mol. The number of hydrogen-bond donors (Lipinski definition) is 3. The Hall–Kier alpha value is -2.28. The normalized spacial score (nSPS) is 18.7. The van der Waals surface area contributed by atoms with Crippen molar-refractivity contribution >= 4 is 23.3 Å². The highest BCUT2D eigenvalue weighted by molar-refractivity contribution is 5.94. The van der Waals surface area contributed by atoms with Gasteiger partial charge in [-0.15, -0.1) is 0 Å². The number of ether oxygens (including phenoxy) is 1. The number of nitrogens with one attached hydrogen (secondary N) is 1. The van der Waals surface area contributed by atoms with Gasteiger partial charge in [0.05, 0.1) is 25.3 Å². The second-order valence-electron chi connectivity index (χ2n) is 5.42. The summed E-state index contributed by atoms with van der Waals surface area (Å²) in [6.07, 6.45) is 1.45. The Morgan fingerprint density at radius 3 is 2.95 bits per heavy atom. The molecule has 4 N–H and O–H groups in total. The second-order valence-corrected chi connectivity index (χ2v) is 5.42. The minimum atomic E-state index is -0.801. The van der Waals surface area contributed by atoms with Crippen molar-refractivity contribution in [1.29, 1.82) is 0 Å². The van der Waals surface area contributed by atoms with Crippen LogP contribution in [0.1, 0.15) is 12.8 Å². The molecule has 1 aromatic rings. The van der Waals surface area contributed by atoms with E-state index in [1.807, 2.05) is 4.90 Å². The molecule has 2 rings (SSSR count). The van der Waals surface area contributed by atoms with Gasteiger partial charge in [-0.25, -0.2) is 0 Å². The number of nitrogens with zero attached hydrogens (tertiary/aromatic N) is 1. The smallest absolute Gasteiger partial charge is 0.307 e. The van der Waals surface area contributed by atoms with Gasteiger partial charge in [-0.05, 0) is 31.5 Å². The zero-order valence-corrected chi connectivity index (χ0v) is 12.5. The minimum Gasteiger partial charge on any atom is -0.494 e. The Kier molecular flexibility index (Phi) is 5.21. The van der Waals surface area contributed by atoms with Crippen molar-refractivity contribution in [2.45, 2.75) is 12.8 Å². The molecule has 1 aromatic carbocycles. The standard InChI is InChI=1S/C15H21N3O4/c1-22-13-7-11(16)4-5-12(13)17-14(19)9-18-6-2-3-10(8-18)15(20)21/h4-5,7,10H,2-3,6,8-9,16H2,1H3,(H,17,19)(H,20,21). The van der Waals surface area contributed by atoms with Crippen LogP contribution < -0.4 is 15.8 Å². The molecule has 0 aromatic heterocycles. The van der Waals surface area contributed by atoms with Gasteiger partial charge in [-0.1, -0.05) is 0 Å². The summed E-state index contributed by atoms with van der Waals surface area (Å²) in [5.41, 5.74) is 6.77. The lowest BCUT2D eigenvalue weighted by Crippen LogP contribution is -2.42. The average molecular weight is 307 g/mol. The van der Waals surface area contributed by atoms with E-state index in [9.17, 15) is 9.59 Å². The summed E-state index contributed by atoms with van der Waals surface area (Å²) in [6, 6.07) is 5.00. The van der Waals surface area contributed by atoms with Crippen LogP contribution in [-0.4, -0.2) is 48.6 Å². The van der Waals surface area contributed by atoms with E-state index < -0.39 is 11.9 Å². The number of aliphatic carboxylic acids is 1. The molecule has 1 heterocycles. The van der Waals surface area contributed by atoms with Gasteiger partial charge in [0, 0.05) is 18.3 Å². The number of amides is 1. The Balaban J connectivity index is 1.94. The molecule has 0 saturated carbocycles. The number of carboxylic acids is 1. The number of likely N-dealkylation sites (tertiary alicyclic amines) is 1. The number of carboxylic acid groups (broad SMARTS) is 1. The molecule has 7 heteroatoms. The molecule has 120 valence electrons. The van der Waals surface area contributed by atoms with Crippen molar-refractivity contribution in [3.05, 3.63) is 18.2 Å². The lowest BCUT2D eigenvalue weighted by atomic mass is 9.98. The van der Waals surface area contributed by atoms with Gasteiger partial charge >= 0.3 is 5.97 Å². The zero-order valence-electron chi connectivity index (χ0n) is 12.5. The monoisotopic (exact) mass is 307 g/mol. The number of benzene rings is 1. The van der Waals surface area contributed by atoms with Crippen LogP contribution in [0.5, 0.6) is 5.75 Å². The number of nitrogens with two attached hydrogens (primary N) is 1. The number of piperidine rings is 1. The third-order valence-corrected chi connectivity index (χ3v) is 3.72. The van der Waals surface area contributed by atoms with Crippen LogP contribution in [0.25, 0.3) is 0 Å². The van der Waals surface area contributed by atoms with Crippen molar-refractivity contribution in [1.82, 2.24) is 4.90 Å². The summed E-state index contributed by atoms with van der Waals surface area (Å²) >= 11 is 0. The minimum absolute atomic E-state index is 0.164. The number of methoxy groups -OCH3 is 1. The number of rotatable bonds is 5. The van der Waals surface area contributed by atoms with E-state index in [-0.39, 0.29) is 12.5 Å². The molecular formula is C15H21N3O4. The summed E-state index contributed by atoms with van der Waals surface area (Å²) < 4.78 is 5.18. The van der Waals surface area contributed by atoms with Gasteiger partial charge in [0.1, 0.15) is 5.75 Å². The summed E-state index contributed by atoms with van der Waals surface area (Å²) in [5, 5.41) is 11.8. The van der Waals surface area contributed by atoms with E-state index in [2.05, 4.69) is 5.32 Å². The van der Waals surface area contributed by atoms with Crippen molar-refractivity contribution in [2.75, 3.05) is 37.8 Å². The molecule has 1 amide bonds. The lowest BCUT2D eigenvalue weighted by Gasteiger charge is -2.29. The number of carbonyl (C=O) groups is 2. The molecule has 1 aliphatic rings. The summed E-state index contributed by atoms with van der Waals surface area (Å²) in [5.74, 6) is -0.901. The zero-order chi connectivity index (χ0) is 16.1. The van der Waals surface area contributed by atoms with E-state index in [0.717, 1.165) is 13.0 Å². The molecule has 1 fully saturated rings.